The van der Waals surface area contributed by atoms with Gasteiger partial charge in [-0.2, -0.15) is 0 Å². The molecule has 0 aliphatic carbocycles. The third kappa shape index (κ3) is 4.05. The van der Waals surface area contributed by atoms with Crippen molar-refractivity contribution in [3.05, 3.63) is 89.7 Å². The standard InChI is InChI=1S/C27H22N2O3S/c1-3-18-8-13-22-20(16-32-24(22)14-18)15-26(31)29(21-11-9-19(10-12-21)17(2)30)27-28-23-6-4-5-7-25(23)33-27/h4-14,16H,3,15H2,1-2H3. The zero-order valence-corrected chi connectivity index (χ0v) is 19.2. The quantitative estimate of drug-likeness (QED) is 0.267. The molecule has 0 aliphatic heterocycles. The van der Waals surface area contributed by atoms with Crippen molar-refractivity contribution in [1.29, 1.82) is 0 Å². The maximum absolute atomic E-state index is 13.7. The highest BCUT2D eigenvalue weighted by molar-refractivity contribution is 7.22. The number of nitrogens with zero attached hydrogens (tertiary/aromatic N) is 2. The number of aromatic nitrogens is 1. The molecule has 0 saturated carbocycles. The van der Waals surface area contributed by atoms with E-state index in [4.69, 9.17) is 9.40 Å². The van der Waals surface area contributed by atoms with Crippen molar-refractivity contribution >= 4 is 55.0 Å². The number of hydrogen-bond acceptors (Lipinski definition) is 5. The lowest BCUT2D eigenvalue weighted by atomic mass is 10.1. The molecule has 3 aromatic carbocycles. The number of aryl methyl sites for hydroxylation is 1. The van der Waals surface area contributed by atoms with Crippen LogP contribution in [0.2, 0.25) is 0 Å². The molecule has 5 aromatic rings. The lowest BCUT2D eigenvalue weighted by Gasteiger charge is -2.20. The maximum atomic E-state index is 13.7. The Hall–Kier alpha value is -3.77. The SMILES string of the molecule is CCc1ccc2c(CC(=O)N(c3ccc(C(C)=O)cc3)c3nc4ccccc4s3)coc2c1. The number of anilines is 2. The Bertz CT molecular complexity index is 1450. The monoisotopic (exact) mass is 454 g/mol. The van der Waals surface area contributed by atoms with Crippen LogP contribution >= 0.6 is 11.3 Å². The molecule has 0 N–H and O–H groups in total. The Morgan fingerprint density at radius 3 is 2.55 bits per heavy atom. The van der Waals surface area contributed by atoms with Crippen molar-refractivity contribution < 1.29 is 14.0 Å². The van der Waals surface area contributed by atoms with Crippen LogP contribution in [0.3, 0.4) is 0 Å². The molecule has 33 heavy (non-hydrogen) atoms. The molecule has 5 rings (SSSR count). The van der Waals surface area contributed by atoms with Gasteiger partial charge in [0.05, 0.1) is 28.6 Å². The largest absolute Gasteiger partial charge is 0.464 e. The number of rotatable bonds is 6. The minimum absolute atomic E-state index is 0.0178. The number of ketones is 1. The van der Waals surface area contributed by atoms with Gasteiger partial charge >= 0.3 is 0 Å². The van der Waals surface area contributed by atoms with E-state index in [1.54, 1.807) is 35.4 Å². The number of Topliss-reactive ketones (excluding diaryl/α,β-unsaturated/α-hetero) is 1. The number of hydrogen-bond donors (Lipinski definition) is 0. The van der Waals surface area contributed by atoms with E-state index in [1.807, 2.05) is 36.4 Å². The minimum atomic E-state index is -0.119. The summed E-state index contributed by atoms with van der Waals surface area (Å²) in [7, 11) is 0. The van der Waals surface area contributed by atoms with Gasteiger partial charge in [-0.15, -0.1) is 0 Å². The molecule has 6 heteroatoms. The molecule has 0 atom stereocenters. The van der Waals surface area contributed by atoms with Crippen molar-refractivity contribution in [3.63, 3.8) is 0 Å². The van der Waals surface area contributed by atoms with Gasteiger partial charge in [0.2, 0.25) is 5.91 Å². The van der Waals surface area contributed by atoms with Gasteiger partial charge < -0.3 is 4.42 Å². The number of benzene rings is 3. The summed E-state index contributed by atoms with van der Waals surface area (Å²) in [5, 5.41) is 1.54. The smallest absolute Gasteiger partial charge is 0.237 e. The number of carbonyl (C=O) groups is 2. The van der Waals surface area contributed by atoms with E-state index in [0.717, 1.165) is 33.2 Å². The topological polar surface area (TPSA) is 63.4 Å². The molecule has 2 aromatic heterocycles. The van der Waals surface area contributed by atoms with E-state index in [0.29, 0.717) is 16.4 Å². The predicted molar refractivity (Wildman–Crippen MR) is 133 cm³/mol. The van der Waals surface area contributed by atoms with E-state index >= 15 is 0 Å². The fourth-order valence-corrected chi connectivity index (χ4v) is 4.89. The van der Waals surface area contributed by atoms with Crippen LogP contribution in [0, 0.1) is 0 Å². The number of carbonyl (C=O) groups excluding carboxylic acids is 2. The molecule has 5 nitrogen and oxygen atoms in total. The zero-order valence-electron chi connectivity index (χ0n) is 18.4. The highest BCUT2D eigenvalue weighted by Crippen LogP contribution is 2.35. The molecular weight excluding hydrogens is 432 g/mol. The van der Waals surface area contributed by atoms with Crippen molar-refractivity contribution in [1.82, 2.24) is 4.98 Å². The van der Waals surface area contributed by atoms with Crippen LogP contribution in [0.4, 0.5) is 10.8 Å². The van der Waals surface area contributed by atoms with Gasteiger partial charge in [0.1, 0.15) is 5.58 Å². The first kappa shape index (κ1) is 21.1. The highest BCUT2D eigenvalue weighted by Gasteiger charge is 2.23. The van der Waals surface area contributed by atoms with Gasteiger partial charge in [0, 0.05) is 16.5 Å². The van der Waals surface area contributed by atoms with Gasteiger partial charge in [-0.05, 0) is 61.4 Å². The molecule has 0 spiro atoms. The lowest BCUT2D eigenvalue weighted by Crippen LogP contribution is -2.27. The summed E-state index contributed by atoms with van der Waals surface area (Å²) in [6.45, 7) is 3.63. The third-order valence-electron chi connectivity index (χ3n) is 5.73. The maximum Gasteiger partial charge on any atom is 0.237 e. The van der Waals surface area contributed by atoms with E-state index in [9.17, 15) is 9.59 Å². The second kappa shape index (κ2) is 8.64. The second-order valence-corrected chi connectivity index (χ2v) is 8.93. The fourth-order valence-electron chi connectivity index (χ4n) is 3.89. The Kier molecular flexibility index (Phi) is 5.52. The average Bonchev–Trinajstić information content (AvgIpc) is 3.43. The highest BCUT2D eigenvalue weighted by atomic mass is 32.1. The van der Waals surface area contributed by atoms with Crippen LogP contribution in [0.5, 0.6) is 0 Å². The zero-order chi connectivity index (χ0) is 22.9. The van der Waals surface area contributed by atoms with Gasteiger partial charge in [0.15, 0.2) is 10.9 Å². The predicted octanol–water partition coefficient (Wildman–Crippen LogP) is 6.71. The summed E-state index contributed by atoms with van der Waals surface area (Å²) in [5.74, 6) is -0.136. The molecule has 0 radical (unpaired) electrons. The fraction of sp³-hybridized carbons (Fsp3) is 0.148. The molecule has 0 fully saturated rings. The van der Waals surface area contributed by atoms with Gasteiger partial charge in [-0.1, -0.05) is 42.5 Å². The Labute approximate surface area is 195 Å². The lowest BCUT2D eigenvalue weighted by molar-refractivity contribution is -0.117. The summed E-state index contributed by atoms with van der Waals surface area (Å²) >= 11 is 1.46. The first-order valence-electron chi connectivity index (χ1n) is 10.8. The van der Waals surface area contributed by atoms with Crippen molar-refractivity contribution in [2.24, 2.45) is 0 Å². The third-order valence-corrected chi connectivity index (χ3v) is 6.75. The Morgan fingerprint density at radius 1 is 1.03 bits per heavy atom. The van der Waals surface area contributed by atoms with Crippen molar-refractivity contribution in [2.75, 3.05) is 4.90 Å². The van der Waals surface area contributed by atoms with Crippen molar-refractivity contribution in [2.45, 2.75) is 26.7 Å². The Morgan fingerprint density at radius 2 is 1.82 bits per heavy atom. The summed E-state index contributed by atoms with van der Waals surface area (Å²) in [4.78, 5) is 31.7. The summed E-state index contributed by atoms with van der Waals surface area (Å²) in [6, 6.07) is 21.0. The van der Waals surface area contributed by atoms with Crippen LogP contribution in [0.25, 0.3) is 21.2 Å². The molecule has 0 unspecified atom stereocenters. The molecule has 0 saturated heterocycles. The van der Waals surface area contributed by atoms with Crippen LogP contribution in [-0.2, 0) is 17.6 Å². The first-order valence-corrected chi connectivity index (χ1v) is 11.6. The number of para-hydroxylation sites is 1. The molecule has 1 amide bonds. The number of fused-ring (bicyclic) bond motifs is 2. The van der Waals surface area contributed by atoms with E-state index < -0.39 is 0 Å². The van der Waals surface area contributed by atoms with E-state index in [1.165, 1.54) is 23.8 Å². The Balaban J connectivity index is 1.54. The summed E-state index contributed by atoms with van der Waals surface area (Å²) in [5.41, 5.74) is 4.93. The average molecular weight is 455 g/mol. The molecule has 2 heterocycles. The van der Waals surface area contributed by atoms with E-state index in [-0.39, 0.29) is 18.1 Å². The second-order valence-electron chi connectivity index (χ2n) is 7.92. The number of furan rings is 1. The van der Waals surface area contributed by atoms with Crippen LogP contribution in [0.15, 0.2) is 77.4 Å². The normalized spacial score (nSPS) is 11.2. The van der Waals surface area contributed by atoms with Gasteiger partial charge in [-0.3, -0.25) is 14.5 Å². The van der Waals surface area contributed by atoms with E-state index in [2.05, 4.69) is 13.0 Å². The molecule has 164 valence electrons. The molecular formula is C27H22N2O3S. The number of amides is 1. The number of thiazole rings is 1. The van der Waals surface area contributed by atoms with Crippen LogP contribution in [-0.4, -0.2) is 16.7 Å². The van der Waals surface area contributed by atoms with Gasteiger partial charge in [-0.25, -0.2) is 4.98 Å². The van der Waals surface area contributed by atoms with Crippen molar-refractivity contribution in [3.8, 4) is 0 Å². The minimum Gasteiger partial charge on any atom is -0.464 e. The van der Waals surface area contributed by atoms with Gasteiger partial charge in [0.25, 0.3) is 0 Å². The first-order chi connectivity index (χ1) is 16.0. The van der Waals surface area contributed by atoms with Crippen LogP contribution < -0.4 is 4.90 Å². The van der Waals surface area contributed by atoms with Crippen LogP contribution in [0.1, 0.15) is 35.3 Å². The molecule has 0 aliphatic rings. The summed E-state index contributed by atoms with van der Waals surface area (Å²) < 4.78 is 6.76. The molecule has 0 bridgehead atoms. The summed E-state index contributed by atoms with van der Waals surface area (Å²) in [6.07, 6.45) is 2.76.